The van der Waals surface area contributed by atoms with Crippen LogP contribution in [0.3, 0.4) is 0 Å². The lowest BCUT2D eigenvalue weighted by Gasteiger charge is -2.12. The normalized spacial score (nSPS) is 10.5. The Labute approximate surface area is 170 Å². The van der Waals surface area contributed by atoms with Gasteiger partial charge in [-0.2, -0.15) is 0 Å². The number of rotatable bonds is 7. The fourth-order valence-electron chi connectivity index (χ4n) is 2.75. The van der Waals surface area contributed by atoms with E-state index < -0.39 is 0 Å². The molecule has 0 saturated heterocycles. The summed E-state index contributed by atoms with van der Waals surface area (Å²) in [7, 11) is 1.62. The first-order chi connectivity index (χ1) is 13.9. The molecule has 6 nitrogen and oxygen atoms in total. The third-order valence-corrected chi connectivity index (χ3v) is 4.13. The summed E-state index contributed by atoms with van der Waals surface area (Å²) in [5.74, 6) is 1.89. The van der Waals surface area contributed by atoms with Gasteiger partial charge in [-0.25, -0.2) is 4.98 Å². The quantitative estimate of drug-likeness (QED) is 0.580. The lowest BCUT2D eigenvalue weighted by Crippen LogP contribution is -2.12. The number of aromatic nitrogens is 1. The van der Waals surface area contributed by atoms with Gasteiger partial charge in [0.25, 0.3) is 5.91 Å². The molecule has 0 saturated carbocycles. The van der Waals surface area contributed by atoms with Crippen molar-refractivity contribution < 1.29 is 14.3 Å². The van der Waals surface area contributed by atoms with Gasteiger partial charge in [0.2, 0.25) is 0 Å². The van der Waals surface area contributed by atoms with Crippen molar-refractivity contribution in [2.75, 3.05) is 17.7 Å². The molecule has 29 heavy (non-hydrogen) atoms. The van der Waals surface area contributed by atoms with Gasteiger partial charge in [0.15, 0.2) is 0 Å². The number of ether oxygens (including phenoxy) is 2. The first kappa shape index (κ1) is 20.2. The van der Waals surface area contributed by atoms with Crippen LogP contribution in [0.2, 0.25) is 0 Å². The summed E-state index contributed by atoms with van der Waals surface area (Å²) in [6, 6.07) is 16.6. The highest BCUT2D eigenvalue weighted by Crippen LogP contribution is 2.28. The molecule has 1 heterocycles. The van der Waals surface area contributed by atoms with Crippen LogP contribution in [0.25, 0.3) is 0 Å². The Morgan fingerprint density at radius 1 is 1.03 bits per heavy atom. The van der Waals surface area contributed by atoms with Crippen molar-refractivity contribution in [3.8, 4) is 11.5 Å². The Balaban J connectivity index is 1.65. The second-order valence-electron chi connectivity index (χ2n) is 6.91. The Bertz CT molecular complexity index is 968. The average Bonchev–Trinajstić information content (AvgIpc) is 2.70. The van der Waals surface area contributed by atoms with E-state index in [0.717, 1.165) is 22.7 Å². The Morgan fingerprint density at radius 3 is 2.41 bits per heavy atom. The van der Waals surface area contributed by atoms with Crippen LogP contribution in [0.15, 0.2) is 60.8 Å². The molecule has 0 atom stereocenters. The van der Waals surface area contributed by atoms with Crippen molar-refractivity contribution in [1.82, 2.24) is 4.98 Å². The lowest BCUT2D eigenvalue weighted by molar-refractivity contribution is 0.102. The van der Waals surface area contributed by atoms with Crippen LogP contribution >= 0.6 is 0 Å². The van der Waals surface area contributed by atoms with Crippen molar-refractivity contribution in [3.05, 3.63) is 71.9 Å². The van der Waals surface area contributed by atoms with E-state index in [2.05, 4.69) is 15.6 Å². The largest absolute Gasteiger partial charge is 0.495 e. The lowest BCUT2D eigenvalue weighted by atomic mass is 10.2. The first-order valence-corrected chi connectivity index (χ1v) is 9.40. The van der Waals surface area contributed by atoms with E-state index in [1.165, 1.54) is 6.20 Å². The zero-order chi connectivity index (χ0) is 20.8. The number of methoxy groups -OCH3 is 1. The third-order valence-electron chi connectivity index (χ3n) is 4.13. The van der Waals surface area contributed by atoms with Crippen molar-refractivity contribution in [2.45, 2.75) is 26.9 Å². The predicted molar refractivity (Wildman–Crippen MR) is 115 cm³/mol. The van der Waals surface area contributed by atoms with E-state index in [1.54, 1.807) is 19.2 Å². The summed E-state index contributed by atoms with van der Waals surface area (Å²) in [5.41, 5.74) is 3.09. The molecule has 3 rings (SSSR count). The van der Waals surface area contributed by atoms with Crippen molar-refractivity contribution in [3.63, 3.8) is 0 Å². The van der Waals surface area contributed by atoms with E-state index >= 15 is 0 Å². The maximum atomic E-state index is 12.5. The van der Waals surface area contributed by atoms with Crippen LogP contribution in [0.5, 0.6) is 11.5 Å². The molecule has 0 aliphatic heterocycles. The first-order valence-electron chi connectivity index (χ1n) is 9.40. The molecule has 2 aromatic carbocycles. The number of carbonyl (C=O) groups excluding carboxylic acids is 1. The standard InChI is InChI=1S/C23H25N3O3/c1-15(2)29-19-9-7-18(8-10-19)25-23(27)17-6-12-22(24-14-17)26-20-13-16(3)5-11-21(20)28-4/h5-15H,1-4H3,(H,24,26)(H,25,27). The summed E-state index contributed by atoms with van der Waals surface area (Å²) in [6.07, 6.45) is 1.64. The molecule has 0 aliphatic carbocycles. The Kier molecular flexibility index (Phi) is 6.34. The number of anilines is 3. The van der Waals surface area contributed by atoms with Gasteiger partial charge in [0.1, 0.15) is 17.3 Å². The van der Waals surface area contributed by atoms with E-state index in [-0.39, 0.29) is 12.0 Å². The average molecular weight is 391 g/mol. The maximum absolute atomic E-state index is 12.5. The molecule has 0 unspecified atom stereocenters. The van der Waals surface area contributed by atoms with Crippen LogP contribution < -0.4 is 20.1 Å². The molecule has 0 bridgehead atoms. The SMILES string of the molecule is COc1ccc(C)cc1Nc1ccc(C(=O)Nc2ccc(OC(C)C)cc2)cn1. The van der Waals surface area contributed by atoms with E-state index in [0.29, 0.717) is 17.1 Å². The predicted octanol–water partition coefficient (Wildman–Crippen LogP) is 5.18. The summed E-state index contributed by atoms with van der Waals surface area (Å²) in [4.78, 5) is 16.8. The van der Waals surface area contributed by atoms with Crippen LogP contribution in [0.1, 0.15) is 29.8 Å². The zero-order valence-electron chi connectivity index (χ0n) is 17.0. The van der Waals surface area contributed by atoms with Crippen molar-refractivity contribution in [2.24, 2.45) is 0 Å². The summed E-state index contributed by atoms with van der Waals surface area (Å²) < 4.78 is 11.0. The van der Waals surface area contributed by atoms with Crippen LogP contribution in [-0.4, -0.2) is 24.1 Å². The number of pyridine rings is 1. The molecule has 3 aromatic rings. The van der Waals surface area contributed by atoms with Crippen molar-refractivity contribution >= 4 is 23.1 Å². The van der Waals surface area contributed by atoms with E-state index in [4.69, 9.17) is 9.47 Å². The highest BCUT2D eigenvalue weighted by atomic mass is 16.5. The molecular formula is C23H25N3O3. The van der Waals surface area contributed by atoms with E-state index in [9.17, 15) is 4.79 Å². The summed E-state index contributed by atoms with van der Waals surface area (Å²) in [6.45, 7) is 5.94. The molecular weight excluding hydrogens is 366 g/mol. The minimum absolute atomic E-state index is 0.105. The molecule has 0 aliphatic rings. The fourth-order valence-corrected chi connectivity index (χ4v) is 2.75. The smallest absolute Gasteiger partial charge is 0.257 e. The topological polar surface area (TPSA) is 72.5 Å². The molecule has 2 N–H and O–H groups in total. The number of benzene rings is 2. The molecule has 0 spiro atoms. The van der Waals surface area contributed by atoms with Gasteiger partial charge in [-0.05, 0) is 74.9 Å². The number of nitrogens with one attached hydrogen (secondary N) is 2. The summed E-state index contributed by atoms with van der Waals surface area (Å²) >= 11 is 0. The van der Waals surface area contributed by atoms with Gasteiger partial charge >= 0.3 is 0 Å². The highest BCUT2D eigenvalue weighted by Gasteiger charge is 2.09. The monoisotopic (exact) mass is 391 g/mol. The third kappa shape index (κ3) is 5.48. The number of carbonyl (C=O) groups is 1. The van der Waals surface area contributed by atoms with Crippen LogP contribution in [0, 0.1) is 6.92 Å². The zero-order valence-corrected chi connectivity index (χ0v) is 17.0. The maximum Gasteiger partial charge on any atom is 0.257 e. The number of hydrogen-bond donors (Lipinski definition) is 2. The molecule has 1 amide bonds. The van der Waals surface area contributed by atoms with Gasteiger partial charge in [-0.3, -0.25) is 4.79 Å². The van der Waals surface area contributed by atoms with Crippen molar-refractivity contribution in [1.29, 1.82) is 0 Å². The number of hydrogen-bond acceptors (Lipinski definition) is 5. The van der Waals surface area contributed by atoms with Gasteiger partial charge in [0, 0.05) is 11.9 Å². The van der Waals surface area contributed by atoms with Gasteiger partial charge in [0.05, 0.1) is 24.5 Å². The van der Waals surface area contributed by atoms with Crippen LogP contribution in [-0.2, 0) is 0 Å². The highest BCUT2D eigenvalue weighted by molar-refractivity contribution is 6.04. The fraction of sp³-hybridized carbons (Fsp3) is 0.217. The minimum Gasteiger partial charge on any atom is -0.495 e. The second-order valence-corrected chi connectivity index (χ2v) is 6.91. The molecule has 150 valence electrons. The second kappa shape index (κ2) is 9.10. The Morgan fingerprint density at radius 2 is 1.79 bits per heavy atom. The molecule has 0 radical (unpaired) electrons. The molecule has 6 heteroatoms. The van der Waals surface area contributed by atoms with Crippen LogP contribution in [0.4, 0.5) is 17.2 Å². The molecule has 1 aromatic heterocycles. The number of nitrogens with zero attached hydrogens (tertiary/aromatic N) is 1. The number of amides is 1. The Hall–Kier alpha value is -3.54. The molecule has 0 fully saturated rings. The van der Waals surface area contributed by atoms with Gasteiger partial charge in [-0.15, -0.1) is 0 Å². The number of aryl methyl sites for hydroxylation is 1. The summed E-state index contributed by atoms with van der Waals surface area (Å²) in [5, 5.41) is 6.08. The minimum atomic E-state index is -0.227. The van der Waals surface area contributed by atoms with E-state index in [1.807, 2.05) is 63.2 Å². The van der Waals surface area contributed by atoms with Gasteiger partial charge < -0.3 is 20.1 Å². The van der Waals surface area contributed by atoms with Gasteiger partial charge in [-0.1, -0.05) is 6.07 Å².